The van der Waals surface area contributed by atoms with Crippen LogP contribution in [0.1, 0.15) is 17.3 Å². The van der Waals surface area contributed by atoms with Gasteiger partial charge in [0.25, 0.3) is 5.91 Å². The topological polar surface area (TPSA) is 91.2 Å². The molecule has 1 N–H and O–H groups in total. The van der Waals surface area contributed by atoms with Gasteiger partial charge in [0.2, 0.25) is 0 Å². The molecule has 0 bridgehead atoms. The van der Waals surface area contributed by atoms with Crippen molar-refractivity contribution in [1.82, 2.24) is 19.7 Å². The summed E-state index contributed by atoms with van der Waals surface area (Å²) in [6.45, 7) is 6.58. The van der Waals surface area contributed by atoms with Crippen molar-refractivity contribution in [2.45, 2.75) is 13.5 Å². The zero-order valence-electron chi connectivity index (χ0n) is 15.8. The van der Waals surface area contributed by atoms with E-state index >= 15 is 0 Å². The maximum absolute atomic E-state index is 12.8. The summed E-state index contributed by atoms with van der Waals surface area (Å²) in [6, 6.07) is 10.4. The summed E-state index contributed by atoms with van der Waals surface area (Å²) >= 11 is 0. The first kappa shape index (κ1) is 19.1. The molecule has 0 spiro atoms. The Labute approximate surface area is 162 Å². The molecule has 0 atom stereocenters. The third-order valence-corrected chi connectivity index (χ3v) is 3.89. The number of aromatic nitrogens is 4. The molecule has 0 aliphatic heterocycles. The van der Waals surface area contributed by atoms with Gasteiger partial charge in [0, 0.05) is 6.54 Å². The lowest BCUT2D eigenvalue weighted by Gasteiger charge is -2.12. The van der Waals surface area contributed by atoms with E-state index in [9.17, 15) is 4.79 Å². The average molecular weight is 379 g/mol. The van der Waals surface area contributed by atoms with Gasteiger partial charge in [0.1, 0.15) is 29.3 Å². The van der Waals surface area contributed by atoms with Gasteiger partial charge in [-0.3, -0.25) is 4.79 Å². The molecule has 1 aromatic carbocycles. The number of carbonyl (C=O) groups is 1. The van der Waals surface area contributed by atoms with E-state index in [0.29, 0.717) is 47.6 Å². The predicted octanol–water partition coefficient (Wildman–Crippen LogP) is 3.19. The number of hydrogen-bond donors (Lipinski definition) is 1. The number of benzene rings is 1. The SMILES string of the molecule is C=CCn1cnnc1-c1cccc(NC(=O)c2cc(OC)ccc2OCC)n1. The number of pyridine rings is 1. The van der Waals surface area contributed by atoms with Gasteiger partial charge in [-0.15, -0.1) is 16.8 Å². The molecule has 8 nitrogen and oxygen atoms in total. The van der Waals surface area contributed by atoms with Crippen molar-refractivity contribution in [3.8, 4) is 23.0 Å². The van der Waals surface area contributed by atoms with Gasteiger partial charge in [0.15, 0.2) is 5.82 Å². The number of allylic oxidation sites excluding steroid dienone is 1. The maximum Gasteiger partial charge on any atom is 0.260 e. The third-order valence-electron chi connectivity index (χ3n) is 3.89. The minimum atomic E-state index is -0.348. The number of nitrogens with zero attached hydrogens (tertiary/aromatic N) is 4. The summed E-state index contributed by atoms with van der Waals surface area (Å²) in [6.07, 6.45) is 3.35. The Balaban J connectivity index is 1.87. The van der Waals surface area contributed by atoms with Gasteiger partial charge < -0.3 is 19.4 Å². The molecular formula is C20H21N5O3. The standard InChI is InChI=1S/C20H21N5O3/c1-4-11-25-13-21-24-19(25)16-7-6-8-18(22-16)23-20(26)15-12-14(27-3)9-10-17(15)28-5-2/h4,6-10,12-13H,1,5,11H2,2-3H3,(H,22,23,26). The second-order valence-electron chi connectivity index (χ2n) is 5.75. The van der Waals surface area contributed by atoms with Gasteiger partial charge in [-0.25, -0.2) is 4.98 Å². The summed E-state index contributed by atoms with van der Waals surface area (Å²) in [5.41, 5.74) is 0.955. The molecule has 0 radical (unpaired) electrons. The second kappa shape index (κ2) is 8.81. The molecule has 1 amide bonds. The van der Waals surface area contributed by atoms with Crippen LogP contribution in [0.2, 0.25) is 0 Å². The number of anilines is 1. The Hall–Kier alpha value is -3.68. The first-order valence-corrected chi connectivity index (χ1v) is 8.74. The van der Waals surface area contributed by atoms with Crippen molar-refractivity contribution in [3.05, 3.63) is 60.9 Å². The molecule has 3 aromatic rings. The fourth-order valence-electron chi connectivity index (χ4n) is 2.63. The van der Waals surface area contributed by atoms with Gasteiger partial charge in [-0.1, -0.05) is 12.1 Å². The van der Waals surface area contributed by atoms with Crippen LogP contribution in [0.5, 0.6) is 11.5 Å². The van der Waals surface area contributed by atoms with Crippen LogP contribution in [0, 0.1) is 0 Å². The summed E-state index contributed by atoms with van der Waals surface area (Å²) < 4.78 is 12.6. The van der Waals surface area contributed by atoms with Crippen molar-refractivity contribution < 1.29 is 14.3 Å². The lowest BCUT2D eigenvalue weighted by atomic mass is 10.1. The van der Waals surface area contributed by atoms with Crippen molar-refractivity contribution in [2.24, 2.45) is 0 Å². The van der Waals surface area contributed by atoms with E-state index in [2.05, 4.69) is 27.1 Å². The Bertz CT molecular complexity index is 983. The van der Waals surface area contributed by atoms with Gasteiger partial charge in [-0.05, 0) is 37.3 Å². The van der Waals surface area contributed by atoms with E-state index < -0.39 is 0 Å². The minimum absolute atomic E-state index is 0.348. The molecule has 0 aliphatic carbocycles. The van der Waals surface area contributed by atoms with E-state index in [4.69, 9.17) is 9.47 Å². The largest absolute Gasteiger partial charge is 0.497 e. The number of ether oxygens (including phenoxy) is 2. The van der Waals surface area contributed by atoms with Crippen molar-refractivity contribution in [1.29, 1.82) is 0 Å². The summed E-state index contributed by atoms with van der Waals surface area (Å²) in [7, 11) is 1.54. The molecule has 2 heterocycles. The van der Waals surface area contributed by atoms with Gasteiger partial charge >= 0.3 is 0 Å². The van der Waals surface area contributed by atoms with Crippen molar-refractivity contribution in [3.63, 3.8) is 0 Å². The molecule has 0 fully saturated rings. The van der Waals surface area contributed by atoms with E-state index in [1.54, 1.807) is 55.9 Å². The normalized spacial score (nSPS) is 10.4. The quantitative estimate of drug-likeness (QED) is 0.605. The fourth-order valence-corrected chi connectivity index (χ4v) is 2.63. The van der Waals surface area contributed by atoms with Crippen LogP contribution in [0.3, 0.4) is 0 Å². The molecule has 28 heavy (non-hydrogen) atoms. The molecule has 3 rings (SSSR count). The lowest BCUT2D eigenvalue weighted by molar-refractivity contribution is 0.102. The molecule has 0 aliphatic rings. The number of carbonyl (C=O) groups excluding carboxylic acids is 1. The van der Waals surface area contributed by atoms with Crippen LogP contribution in [-0.4, -0.2) is 39.4 Å². The van der Waals surface area contributed by atoms with E-state index in [1.807, 2.05) is 11.5 Å². The molecule has 0 saturated carbocycles. The highest BCUT2D eigenvalue weighted by Gasteiger charge is 2.16. The Morgan fingerprint density at radius 3 is 2.93 bits per heavy atom. The smallest absolute Gasteiger partial charge is 0.260 e. The molecule has 8 heteroatoms. The minimum Gasteiger partial charge on any atom is -0.497 e. The summed E-state index contributed by atoms with van der Waals surface area (Å²) in [5.74, 6) is 1.67. The van der Waals surface area contributed by atoms with Gasteiger partial charge in [-0.2, -0.15) is 0 Å². The number of nitrogens with one attached hydrogen (secondary N) is 1. The summed E-state index contributed by atoms with van der Waals surface area (Å²) in [4.78, 5) is 17.3. The first-order chi connectivity index (χ1) is 13.7. The number of hydrogen-bond acceptors (Lipinski definition) is 6. The van der Waals surface area contributed by atoms with E-state index in [0.717, 1.165) is 0 Å². The van der Waals surface area contributed by atoms with Crippen LogP contribution in [0.4, 0.5) is 5.82 Å². The summed E-state index contributed by atoms with van der Waals surface area (Å²) in [5, 5.41) is 10.8. The van der Waals surface area contributed by atoms with E-state index in [-0.39, 0.29) is 5.91 Å². The second-order valence-corrected chi connectivity index (χ2v) is 5.75. The lowest BCUT2D eigenvalue weighted by Crippen LogP contribution is -2.15. The highest BCUT2D eigenvalue weighted by Crippen LogP contribution is 2.25. The molecule has 0 saturated heterocycles. The number of rotatable bonds is 8. The van der Waals surface area contributed by atoms with Gasteiger partial charge in [0.05, 0.1) is 19.3 Å². The van der Waals surface area contributed by atoms with Crippen LogP contribution in [0.15, 0.2) is 55.4 Å². The first-order valence-electron chi connectivity index (χ1n) is 8.74. The van der Waals surface area contributed by atoms with E-state index in [1.165, 1.54) is 0 Å². The highest BCUT2D eigenvalue weighted by molar-refractivity contribution is 6.06. The molecule has 2 aromatic heterocycles. The maximum atomic E-state index is 12.8. The predicted molar refractivity (Wildman–Crippen MR) is 106 cm³/mol. The van der Waals surface area contributed by atoms with Crippen molar-refractivity contribution >= 4 is 11.7 Å². The van der Waals surface area contributed by atoms with Crippen LogP contribution >= 0.6 is 0 Å². The zero-order chi connectivity index (χ0) is 19.9. The van der Waals surface area contributed by atoms with Crippen molar-refractivity contribution in [2.75, 3.05) is 19.0 Å². The third kappa shape index (κ3) is 4.17. The van der Waals surface area contributed by atoms with Crippen LogP contribution in [0.25, 0.3) is 11.5 Å². The molecular weight excluding hydrogens is 358 g/mol. The molecule has 0 unspecified atom stereocenters. The van der Waals surface area contributed by atoms with Crippen LogP contribution in [-0.2, 0) is 6.54 Å². The number of amides is 1. The number of methoxy groups -OCH3 is 1. The average Bonchev–Trinajstić information content (AvgIpc) is 3.17. The highest BCUT2D eigenvalue weighted by atomic mass is 16.5. The Morgan fingerprint density at radius 1 is 1.32 bits per heavy atom. The Kier molecular flexibility index (Phi) is 6.01. The zero-order valence-corrected chi connectivity index (χ0v) is 15.8. The Morgan fingerprint density at radius 2 is 2.18 bits per heavy atom. The monoisotopic (exact) mass is 379 g/mol. The van der Waals surface area contributed by atoms with Crippen LogP contribution < -0.4 is 14.8 Å². The fraction of sp³-hybridized carbons (Fsp3) is 0.200. The molecule has 144 valence electrons.